The van der Waals surface area contributed by atoms with Crippen LogP contribution in [0.1, 0.15) is 40.4 Å². The van der Waals surface area contributed by atoms with Crippen molar-refractivity contribution < 1.29 is 9.59 Å². The number of aromatic nitrogens is 1. The Labute approximate surface area is 185 Å². The Kier molecular flexibility index (Phi) is 6.02. The first-order chi connectivity index (χ1) is 15.0. The number of hydrogen-bond acceptors (Lipinski definition) is 4. The fourth-order valence-corrected chi connectivity index (χ4v) is 3.68. The zero-order valence-corrected chi connectivity index (χ0v) is 17.6. The van der Waals surface area contributed by atoms with Gasteiger partial charge in [-0.15, -0.1) is 0 Å². The summed E-state index contributed by atoms with van der Waals surface area (Å²) < 4.78 is 0. The number of pyridine rings is 1. The second-order valence-electron chi connectivity index (χ2n) is 7.72. The van der Waals surface area contributed by atoms with Crippen molar-refractivity contribution in [1.29, 1.82) is 0 Å². The molecule has 2 aromatic carbocycles. The Balaban J connectivity index is 1.33. The van der Waals surface area contributed by atoms with Crippen molar-refractivity contribution >= 4 is 29.1 Å². The molecule has 0 saturated heterocycles. The number of rotatable bonds is 7. The van der Waals surface area contributed by atoms with Crippen LogP contribution in [-0.2, 0) is 10.2 Å². The maximum atomic E-state index is 12.8. The minimum absolute atomic E-state index is 0.0152. The van der Waals surface area contributed by atoms with Crippen LogP contribution in [0.25, 0.3) is 0 Å². The van der Waals surface area contributed by atoms with E-state index >= 15 is 0 Å². The average Bonchev–Trinajstić information content (AvgIpc) is 3.60. The SMILES string of the molecule is NC(CNC(=O)C1(c2ccc(Cl)cc2)CC1)c1ccc(C(=O)Nc2ccncc2)cc1. The number of nitrogens with one attached hydrogen (secondary N) is 2. The number of benzene rings is 2. The van der Waals surface area contributed by atoms with E-state index in [1.54, 1.807) is 36.7 Å². The van der Waals surface area contributed by atoms with Gasteiger partial charge >= 0.3 is 0 Å². The lowest BCUT2D eigenvalue weighted by molar-refractivity contribution is -0.123. The molecule has 1 atom stereocenters. The highest BCUT2D eigenvalue weighted by Crippen LogP contribution is 2.48. The minimum Gasteiger partial charge on any atom is -0.353 e. The molecule has 0 spiro atoms. The zero-order chi connectivity index (χ0) is 21.8. The molecule has 1 aromatic heterocycles. The summed E-state index contributed by atoms with van der Waals surface area (Å²) in [5.41, 5.74) is 8.83. The van der Waals surface area contributed by atoms with Gasteiger partial charge in [0.2, 0.25) is 5.91 Å². The summed E-state index contributed by atoms with van der Waals surface area (Å²) in [6.45, 7) is 0.316. The number of nitrogens with two attached hydrogens (primary N) is 1. The molecule has 7 heteroatoms. The Bertz CT molecular complexity index is 1060. The first-order valence-electron chi connectivity index (χ1n) is 10.1. The molecule has 0 aliphatic heterocycles. The summed E-state index contributed by atoms with van der Waals surface area (Å²) in [6.07, 6.45) is 4.86. The third-order valence-electron chi connectivity index (χ3n) is 5.60. The van der Waals surface area contributed by atoms with E-state index in [4.69, 9.17) is 17.3 Å². The second kappa shape index (κ2) is 8.88. The van der Waals surface area contributed by atoms with Crippen LogP contribution in [-0.4, -0.2) is 23.3 Å². The number of carbonyl (C=O) groups is 2. The van der Waals surface area contributed by atoms with Crippen molar-refractivity contribution in [3.8, 4) is 0 Å². The number of nitrogens with zero attached hydrogens (tertiary/aromatic N) is 1. The van der Waals surface area contributed by atoms with E-state index in [-0.39, 0.29) is 17.9 Å². The molecule has 1 fully saturated rings. The molecule has 1 heterocycles. The number of amides is 2. The van der Waals surface area contributed by atoms with Crippen molar-refractivity contribution in [2.45, 2.75) is 24.3 Å². The minimum atomic E-state index is -0.473. The predicted octanol–water partition coefficient (Wildman–Crippen LogP) is 3.84. The van der Waals surface area contributed by atoms with Crippen molar-refractivity contribution in [2.24, 2.45) is 5.73 Å². The average molecular weight is 435 g/mol. The predicted molar refractivity (Wildman–Crippen MR) is 121 cm³/mol. The molecule has 4 N–H and O–H groups in total. The van der Waals surface area contributed by atoms with Gasteiger partial charge in [-0.25, -0.2) is 0 Å². The highest BCUT2D eigenvalue weighted by molar-refractivity contribution is 6.30. The van der Waals surface area contributed by atoms with Crippen LogP contribution in [0.4, 0.5) is 5.69 Å². The lowest BCUT2D eigenvalue weighted by Gasteiger charge is -2.19. The van der Waals surface area contributed by atoms with E-state index in [1.165, 1.54) is 0 Å². The first-order valence-corrected chi connectivity index (χ1v) is 10.5. The molecule has 31 heavy (non-hydrogen) atoms. The third kappa shape index (κ3) is 4.76. The van der Waals surface area contributed by atoms with Gasteiger partial charge in [-0.1, -0.05) is 35.9 Å². The molecular weight excluding hydrogens is 412 g/mol. The maximum Gasteiger partial charge on any atom is 0.255 e. The molecule has 2 amide bonds. The van der Waals surface area contributed by atoms with E-state index < -0.39 is 5.41 Å². The van der Waals surface area contributed by atoms with Crippen LogP contribution < -0.4 is 16.4 Å². The van der Waals surface area contributed by atoms with Gasteiger partial charge in [0, 0.05) is 41.3 Å². The van der Waals surface area contributed by atoms with Crippen LogP contribution in [0.2, 0.25) is 5.02 Å². The van der Waals surface area contributed by atoms with Crippen LogP contribution in [0.15, 0.2) is 73.1 Å². The molecule has 1 unspecified atom stereocenters. The second-order valence-corrected chi connectivity index (χ2v) is 8.15. The number of hydrogen-bond donors (Lipinski definition) is 3. The molecule has 1 aliphatic rings. The van der Waals surface area contributed by atoms with E-state index in [0.29, 0.717) is 22.8 Å². The molecule has 4 rings (SSSR count). The topological polar surface area (TPSA) is 97.1 Å². The lowest BCUT2D eigenvalue weighted by Crippen LogP contribution is -2.38. The highest BCUT2D eigenvalue weighted by atomic mass is 35.5. The normalized spacial score (nSPS) is 15.0. The van der Waals surface area contributed by atoms with Crippen LogP contribution in [0.3, 0.4) is 0 Å². The van der Waals surface area contributed by atoms with Gasteiger partial charge in [0.05, 0.1) is 5.41 Å². The summed E-state index contributed by atoms with van der Waals surface area (Å²) in [6, 6.07) is 17.6. The summed E-state index contributed by atoms with van der Waals surface area (Å²) in [5, 5.41) is 6.45. The molecule has 158 valence electrons. The maximum absolute atomic E-state index is 12.8. The molecule has 6 nitrogen and oxygen atoms in total. The van der Waals surface area contributed by atoms with Crippen LogP contribution in [0, 0.1) is 0 Å². The standard InChI is InChI=1S/C24H23ClN4O2/c25-19-7-5-18(6-8-19)24(11-12-24)23(31)28-15-21(26)16-1-3-17(4-2-16)22(30)29-20-9-13-27-14-10-20/h1-10,13-14,21H,11-12,15,26H2,(H,28,31)(H,27,29,30). The molecule has 1 aliphatic carbocycles. The first kappa shape index (κ1) is 21.0. The molecule has 1 saturated carbocycles. The summed E-state index contributed by atoms with van der Waals surface area (Å²) in [4.78, 5) is 29.1. The largest absolute Gasteiger partial charge is 0.353 e. The molecular formula is C24H23ClN4O2. The Morgan fingerprint density at radius 1 is 1.00 bits per heavy atom. The van der Waals surface area contributed by atoms with E-state index in [0.717, 1.165) is 24.0 Å². The van der Waals surface area contributed by atoms with Gasteiger partial charge in [-0.05, 0) is 60.4 Å². The summed E-state index contributed by atoms with van der Waals surface area (Å²) in [5.74, 6) is -0.225. The van der Waals surface area contributed by atoms with Crippen LogP contribution >= 0.6 is 11.6 Å². The number of carbonyl (C=O) groups excluding carboxylic acids is 2. The van der Waals surface area contributed by atoms with Crippen molar-refractivity contribution in [2.75, 3.05) is 11.9 Å². The highest BCUT2D eigenvalue weighted by Gasteiger charge is 2.51. The number of halogens is 1. The smallest absolute Gasteiger partial charge is 0.255 e. The third-order valence-corrected chi connectivity index (χ3v) is 5.86. The Morgan fingerprint density at radius 2 is 1.65 bits per heavy atom. The molecule has 0 radical (unpaired) electrons. The van der Waals surface area contributed by atoms with Gasteiger partial charge in [0.25, 0.3) is 5.91 Å². The fourth-order valence-electron chi connectivity index (χ4n) is 3.55. The quantitative estimate of drug-likeness (QED) is 0.526. The van der Waals surface area contributed by atoms with E-state index in [2.05, 4.69) is 15.6 Å². The van der Waals surface area contributed by atoms with Gasteiger partial charge < -0.3 is 16.4 Å². The van der Waals surface area contributed by atoms with Gasteiger partial charge in [0.15, 0.2) is 0 Å². The van der Waals surface area contributed by atoms with Crippen LogP contribution in [0.5, 0.6) is 0 Å². The molecule has 0 bridgehead atoms. The Hall–Kier alpha value is -3.22. The summed E-state index contributed by atoms with van der Waals surface area (Å²) in [7, 11) is 0. The van der Waals surface area contributed by atoms with Gasteiger partial charge in [0.1, 0.15) is 0 Å². The van der Waals surface area contributed by atoms with Crippen molar-refractivity contribution in [3.63, 3.8) is 0 Å². The molecule has 3 aromatic rings. The zero-order valence-electron chi connectivity index (χ0n) is 16.8. The monoisotopic (exact) mass is 434 g/mol. The van der Waals surface area contributed by atoms with Gasteiger partial charge in [-0.2, -0.15) is 0 Å². The van der Waals surface area contributed by atoms with Gasteiger partial charge in [-0.3, -0.25) is 14.6 Å². The van der Waals surface area contributed by atoms with Crippen molar-refractivity contribution in [3.05, 3.63) is 94.8 Å². The van der Waals surface area contributed by atoms with E-state index in [9.17, 15) is 9.59 Å². The van der Waals surface area contributed by atoms with E-state index in [1.807, 2.05) is 36.4 Å². The van der Waals surface area contributed by atoms with Crippen molar-refractivity contribution in [1.82, 2.24) is 10.3 Å². The summed E-state index contributed by atoms with van der Waals surface area (Å²) >= 11 is 5.96. The number of anilines is 1. The lowest BCUT2D eigenvalue weighted by atomic mass is 9.95. The fraction of sp³-hybridized carbons (Fsp3) is 0.208. The Morgan fingerprint density at radius 3 is 2.26 bits per heavy atom.